The molecule has 0 aliphatic rings. The molecule has 0 bridgehead atoms. The van der Waals surface area contributed by atoms with Crippen LogP contribution < -0.4 is 16.0 Å². The molecule has 1 aromatic heterocycles. The van der Waals surface area contributed by atoms with E-state index < -0.39 is 0 Å². The number of aromatic nitrogens is 1. The van der Waals surface area contributed by atoms with Crippen molar-refractivity contribution in [2.24, 2.45) is 0 Å². The van der Waals surface area contributed by atoms with E-state index in [1.807, 2.05) is 25.1 Å². The van der Waals surface area contributed by atoms with Gasteiger partial charge in [0.2, 0.25) is 11.8 Å². The van der Waals surface area contributed by atoms with Crippen LogP contribution in [-0.2, 0) is 9.59 Å². The van der Waals surface area contributed by atoms with Gasteiger partial charge in [-0.25, -0.2) is 4.98 Å². The number of unbranched alkanes of at least 4 members (excludes halogenated alkanes) is 1. The fourth-order valence-electron chi connectivity index (χ4n) is 1.87. The Labute approximate surface area is 137 Å². The molecule has 0 fully saturated rings. The molecule has 0 spiro atoms. The number of nitrogens with one attached hydrogen (secondary N) is 3. The van der Waals surface area contributed by atoms with E-state index in [2.05, 4.69) is 26.9 Å². The number of carbonyl (C=O) groups excluding carboxylic acids is 2. The summed E-state index contributed by atoms with van der Waals surface area (Å²) in [6.07, 6.45) is 9.64. The van der Waals surface area contributed by atoms with Gasteiger partial charge in [0, 0.05) is 19.2 Å². The van der Waals surface area contributed by atoms with Crippen LogP contribution in [0.25, 0.3) is 0 Å². The number of hydrogen-bond donors (Lipinski definition) is 3. The monoisotopic (exact) mass is 316 g/mol. The fourth-order valence-corrected chi connectivity index (χ4v) is 1.87. The van der Waals surface area contributed by atoms with Crippen molar-refractivity contribution in [1.29, 1.82) is 0 Å². The predicted molar refractivity (Wildman–Crippen MR) is 90.6 cm³/mol. The van der Waals surface area contributed by atoms with Crippen molar-refractivity contribution in [3.05, 3.63) is 24.4 Å². The Bertz CT molecular complexity index is 525. The zero-order valence-electron chi connectivity index (χ0n) is 13.5. The second kappa shape index (κ2) is 11.1. The van der Waals surface area contributed by atoms with Crippen molar-refractivity contribution in [3.63, 3.8) is 0 Å². The average molecular weight is 316 g/mol. The van der Waals surface area contributed by atoms with Crippen LogP contribution in [-0.4, -0.2) is 35.9 Å². The lowest BCUT2D eigenvalue weighted by Crippen LogP contribution is -2.41. The van der Waals surface area contributed by atoms with Gasteiger partial charge in [-0.1, -0.05) is 18.9 Å². The molecule has 1 atom stereocenters. The molecule has 3 N–H and O–H groups in total. The van der Waals surface area contributed by atoms with Crippen molar-refractivity contribution in [2.45, 2.75) is 38.6 Å². The lowest BCUT2D eigenvalue weighted by atomic mass is 10.2. The number of nitrogens with zero attached hydrogens (tertiary/aromatic N) is 1. The third kappa shape index (κ3) is 8.47. The van der Waals surface area contributed by atoms with E-state index in [0.717, 1.165) is 25.2 Å². The Balaban J connectivity index is 2.06. The Kier molecular flexibility index (Phi) is 8.91. The molecule has 0 aliphatic carbocycles. The molecule has 6 heteroatoms. The summed E-state index contributed by atoms with van der Waals surface area (Å²) in [7, 11) is 0. The first-order valence-corrected chi connectivity index (χ1v) is 7.82. The molecule has 0 saturated heterocycles. The molecule has 0 aliphatic heterocycles. The standard InChI is InChI=1S/C17H24N4O2/c1-3-14(4-2)21-17(23)13-20-16(22)10-6-8-12-19-15-9-5-7-11-18-15/h1,5,7,9,11,14H,4,6,8,10,12-13H2,2H3,(H,18,19)(H,20,22)(H,21,23). The van der Waals surface area contributed by atoms with Crippen LogP contribution in [0, 0.1) is 12.3 Å². The normalized spacial score (nSPS) is 11.1. The van der Waals surface area contributed by atoms with Crippen molar-refractivity contribution in [2.75, 3.05) is 18.4 Å². The number of hydrogen-bond acceptors (Lipinski definition) is 4. The number of anilines is 1. The van der Waals surface area contributed by atoms with Crippen LogP contribution in [0.1, 0.15) is 32.6 Å². The Morgan fingerprint density at radius 2 is 2.13 bits per heavy atom. The van der Waals surface area contributed by atoms with Gasteiger partial charge in [0.15, 0.2) is 0 Å². The summed E-state index contributed by atoms with van der Waals surface area (Å²) in [5.74, 6) is 2.91. The van der Waals surface area contributed by atoms with Crippen molar-refractivity contribution in [1.82, 2.24) is 15.6 Å². The Morgan fingerprint density at radius 3 is 2.78 bits per heavy atom. The highest BCUT2D eigenvalue weighted by molar-refractivity contribution is 5.84. The molecule has 1 aromatic rings. The van der Waals surface area contributed by atoms with E-state index in [0.29, 0.717) is 12.8 Å². The molecular weight excluding hydrogens is 292 g/mol. The number of carbonyl (C=O) groups is 2. The molecule has 23 heavy (non-hydrogen) atoms. The molecule has 1 unspecified atom stereocenters. The third-order valence-corrected chi connectivity index (χ3v) is 3.19. The van der Waals surface area contributed by atoms with E-state index >= 15 is 0 Å². The van der Waals surface area contributed by atoms with Gasteiger partial charge in [-0.2, -0.15) is 0 Å². The first-order valence-electron chi connectivity index (χ1n) is 7.82. The molecule has 1 heterocycles. The van der Waals surface area contributed by atoms with Gasteiger partial charge in [0.05, 0.1) is 12.6 Å². The molecule has 124 valence electrons. The van der Waals surface area contributed by atoms with Crippen LogP contribution in [0.15, 0.2) is 24.4 Å². The minimum absolute atomic E-state index is 0.0385. The maximum Gasteiger partial charge on any atom is 0.240 e. The molecule has 0 radical (unpaired) electrons. The quantitative estimate of drug-likeness (QED) is 0.449. The van der Waals surface area contributed by atoms with Crippen LogP contribution in [0.2, 0.25) is 0 Å². The van der Waals surface area contributed by atoms with Crippen LogP contribution >= 0.6 is 0 Å². The molecular formula is C17H24N4O2. The highest BCUT2D eigenvalue weighted by Gasteiger charge is 2.08. The second-order valence-corrected chi connectivity index (χ2v) is 5.07. The minimum atomic E-state index is -0.280. The van der Waals surface area contributed by atoms with Crippen LogP contribution in [0.3, 0.4) is 0 Å². The maximum atomic E-state index is 11.6. The van der Waals surface area contributed by atoms with Crippen molar-refractivity contribution < 1.29 is 9.59 Å². The zero-order valence-corrected chi connectivity index (χ0v) is 13.5. The molecule has 6 nitrogen and oxygen atoms in total. The van der Waals surface area contributed by atoms with Gasteiger partial charge in [-0.3, -0.25) is 9.59 Å². The lowest BCUT2D eigenvalue weighted by Gasteiger charge is -2.11. The van der Waals surface area contributed by atoms with Gasteiger partial charge in [0.25, 0.3) is 0 Å². The Hall–Kier alpha value is -2.55. The van der Waals surface area contributed by atoms with Gasteiger partial charge in [-0.05, 0) is 31.4 Å². The van der Waals surface area contributed by atoms with Gasteiger partial charge in [-0.15, -0.1) is 6.42 Å². The predicted octanol–water partition coefficient (Wildman–Crippen LogP) is 1.31. The summed E-state index contributed by atoms with van der Waals surface area (Å²) >= 11 is 0. The number of pyridine rings is 1. The first-order chi connectivity index (χ1) is 11.2. The summed E-state index contributed by atoms with van der Waals surface area (Å²) in [6, 6.07) is 5.39. The zero-order chi connectivity index (χ0) is 16.9. The smallest absolute Gasteiger partial charge is 0.240 e. The summed E-state index contributed by atoms with van der Waals surface area (Å²) < 4.78 is 0. The van der Waals surface area contributed by atoms with E-state index in [4.69, 9.17) is 6.42 Å². The average Bonchev–Trinajstić information content (AvgIpc) is 2.58. The summed E-state index contributed by atoms with van der Waals surface area (Å²) in [4.78, 5) is 27.4. The highest BCUT2D eigenvalue weighted by Crippen LogP contribution is 2.01. The molecule has 1 rings (SSSR count). The molecule has 0 aromatic carbocycles. The topological polar surface area (TPSA) is 83.1 Å². The SMILES string of the molecule is C#CC(CC)NC(=O)CNC(=O)CCCCNc1ccccn1. The molecule has 2 amide bonds. The summed E-state index contributed by atoms with van der Waals surface area (Å²) in [5, 5.41) is 8.43. The maximum absolute atomic E-state index is 11.6. The van der Waals surface area contributed by atoms with Crippen molar-refractivity contribution >= 4 is 17.6 Å². The third-order valence-electron chi connectivity index (χ3n) is 3.19. The largest absolute Gasteiger partial charge is 0.370 e. The van der Waals surface area contributed by atoms with Gasteiger partial charge >= 0.3 is 0 Å². The van der Waals surface area contributed by atoms with Gasteiger partial charge in [0.1, 0.15) is 5.82 Å². The van der Waals surface area contributed by atoms with E-state index in [9.17, 15) is 9.59 Å². The first kappa shape index (κ1) is 18.5. The fraction of sp³-hybridized carbons (Fsp3) is 0.471. The summed E-state index contributed by atoms with van der Waals surface area (Å²) in [5.41, 5.74) is 0. The minimum Gasteiger partial charge on any atom is -0.370 e. The van der Waals surface area contributed by atoms with Crippen LogP contribution in [0.4, 0.5) is 5.82 Å². The van der Waals surface area contributed by atoms with Crippen molar-refractivity contribution in [3.8, 4) is 12.3 Å². The second-order valence-electron chi connectivity index (χ2n) is 5.07. The van der Waals surface area contributed by atoms with Crippen LogP contribution in [0.5, 0.6) is 0 Å². The van der Waals surface area contributed by atoms with E-state index in [1.165, 1.54) is 0 Å². The van der Waals surface area contributed by atoms with E-state index in [1.54, 1.807) is 6.20 Å². The Morgan fingerprint density at radius 1 is 1.30 bits per heavy atom. The lowest BCUT2D eigenvalue weighted by molar-refractivity contribution is -0.126. The summed E-state index contributed by atoms with van der Waals surface area (Å²) in [6.45, 7) is 2.61. The number of terminal acetylenes is 1. The van der Waals surface area contributed by atoms with E-state index in [-0.39, 0.29) is 24.4 Å². The highest BCUT2D eigenvalue weighted by atomic mass is 16.2. The number of amides is 2. The van der Waals surface area contributed by atoms with Gasteiger partial charge < -0.3 is 16.0 Å². The number of rotatable bonds is 10. The molecule has 0 saturated carbocycles.